The summed E-state index contributed by atoms with van der Waals surface area (Å²) in [5.41, 5.74) is 8.79. The van der Waals surface area contributed by atoms with Crippen LogP contribution in [0.4, 0.5) is 5.82 Å². The van der Waals surface area contributed by atoms with Gasteiger partial charge in [0.15, 0.2) is 11.4 Å². The Bertz CT molecular complexity index is 1300. The van der Waals surface area contributed by atoms with E-state index in [4.69, 9.17) is 14.9 Å². The molecule has 0 aliphatic carbocycles. The van der Waals surface area contributed by atoms with Crippen LogP contribution in [0.3, 0.4) is 0 Å². The first kappa shape index (κ1) is 21.0. The molecule has 1 aromatic carbocycles. The van der Waals surface area contributed by atoms with Gasteiger partial charge in [-0.15, -0.1) is 0 Å². The van der Waals surface area contributed by atoms with Crippen LogP contribution >= 0.6 is 11.3 Å². The lowest BCUT2D eigenvalue weighted by molar-refractivity contribution is -0.688. The molecule has 0 unspecified atom stereocenters. The van der Waals surface area contributed by atoms with Crippen LogP contribution in [0, 0.1) is 0 Å². The second-order valence-electron chi connectivity index (χ2n) is 8.98. The number of furan rings is 1. The van der Waals surface area contributed by atoms with Crippen LogP contribution < -0.4 is 16.0 Å². The Morgan fingerprint density at radius 1 is 1.19 bits per heavy atom. The van der Waals surface area contributed by atoms with Crippen molar-refractivity contribution in [1.82, 2.24) is 4.57 Å². The van der Waals surface area contributed by atoms with E-state index in [2.05, 4.69) is 38.1 Å². The number of nitrogens with zero attached hydrogens (tertiary/aromatic N) is 2. The molecule has 0 saturated carbocycles. The summed E-state index contributed by atoms with van der Waals surface area (Å²) in [5.74, 6) is 1.22. The van der Waals surface area contributed by atoms with Crippen LogP contribution in [0.15, 0.2) is 57.9 Å². The Labute approximate surface area is 190 Å². The van der Waals surface area contributed by atoms with Crippen LogP contribution in [0.2, 0.25) is 0 Å². The van der Waals surface area contributed by atoms with Crippen LogP contribution in [0.5, 0.6) is 0 Å². The largest absolute Gasteiger partial charge is 0.501 e. The highest BCUT2D eigenvalue weighted by atomic mass is 32.1. The van der Waals surface area contributed by atoms with Gasteiger partial charge in [0.2, 0.25) is 5.82 Å². The minimum Gasteiger partial charge on any atom is -0.465 e. The molecule has 0 amide bonds. The van der Waals surface area contributed by atoms with Crippen LogP contribution in [-0.2, 0) is 37.3 Å². The van der Waals surface area contributed by atoms with Gasteiger partial charge in [-0.1, -0.05) is 41.7 Å². The molecule has 0 fully saturated rings. The summed E-state index contributed by atoms with van der Waals surface area (Å²) in [6, 6.07) is 14.1. The molecular weight excluding hydrogens is 422 g/mol. The minimum atomic E-state index is -0.256. The molecule has 4 heterocycles. The number of rotatable bonds is 6. The van der Waals surface area contributed by atoms with Gasteiger partial charge < -0.3 is 14.9 Å². The van der Waals surface area contributed by atoms with Gasteiger partial charge in [0.05, 0.1) is 25.0 Å². The zero-order chi connectivity index (χ0) is 22.3. The molecule has 6 nitrogen and oxygen atoms in total. The molecule has 7 heteroatoms. The predicted molar refractivity (Wildman–Crippen MR) is 126 cm³/mol. The molecule has 4 aromatic rings. The van der Waals surface area contributed by atoms with Crippen LogP contribution in [-0.4, -0.2) is 10.2 Å². The average molecular weight is 451 g/mol. The number of fused-ring (bicyclic) bond motifs is 3. The molecule has 0 bridgehead atoms. The fourth-order valence-electron chi connectivity index (χ4n) is 4.46. The Hall–Kier alpha value is -2.90. The number of aryl methyl sites for hydroxylation is 2. The van der Waals surface area contributed by atoms with E-state index in [1.807, 2.05) is 22.8 Å². The minimum absolute atomic E-state index is 0.0989. The number of hydrogen-bond donors (Lipinski definition) is 1. The van der Waals surface area contributed by atoms with Gasteiger partial charge in [0.1, 0.15) is 11.1 Å². The highest BCUT2D eigenvalue weighted by molar-refractivity contribution is 7.18. The third-order valence-electron chi connectivity index (χ3n) is 6.11. The van der Waals surface area contributed by atoms with E-state index in [0.717, 1.165) is 34.4 Å². The zero-order valence-electron chi connectivity index (χ0n) is 18.5. The van der Waals surface area contributed by atoms with Crippen LogP contribution in [0.25, 0.3) is 10.2 Å². The molecule has 1 aliphatic heterocycles. The predicted octanol–water partition coefficient (Wildman–Crippen LogP) is 4.06. The molecule has 2 N–H and O–H groups in total. The fourth-order valence-corrected chi connectivity index (χ4v) is 5.72. The standard InChI is InChI=1S/C25H27N3O3S/c1-25(2)14-19-20(16-31-25)32-23-21(19)22(26)28(15-18-11-7-13-30-18)24(29)27(23)12-6-10-17-8-4-3-5-9-17/h3-5,7-9,11,13,26H,6,10,12,14-16H2,1-2H3/p+1. The molecule has 166 valence electrons. The lowest BCUT2D eigenvalue weighted by atomic mass is 9.94. The Balaban J connectivity index is 1.60. The summed E-state index contributed by atoms with van der Waals surface area (Å²) in [5, 5.41) is 0.993. The lowest BCUT2D eigenvalue weighted by Gasteiger charge is -2.29. The van der Waals surface area contributed by atoms with Gasteiger partial charge in [0.25, 0.3) is 0 Å². The maximum Gasteiger partial charge on any atom is 0.501 e. The van der Waals surface area contributed by atoms with Gasteiger partial charge in [0, 0.05) is 11.3 Å². The van der Waals surface area contributed by atoms with Gasteiger partial charge in [-0.05, 0) is 49.9 Å². The summed E-state index contributed by atoms with van der Waals surface area (Å²) >= 11 is 1.64. The zero-order valence-corrected chi connectivity index (χ0v) is 19.3. The van der Waals surface area contributed by atoms with Gasteiger partial charge in [-0.25, -0.2) is 0 Å². The van der Waals surface area contributed by atoms with Crippen molar-refractivity contribution in [3.63, 3.8) is 0 Å². The quantitative estimate of drug-likeness (QED) is 0.450. The third kappa shape index (κ3) is 3.87. The monoisotopic (exact) mass is 450 g/mol. The number of anilines is 1. The maximum absolute atomic E-state index is 13.6. The van der Waals surface area contributed by atoms with Crippen molar-refractivity contribution in [3.05, 3.63) is 81.0 Å². The van der Waals surface area contributed by atoms with Crippen molar-refractivity contribution in [2.45, 2.75) is 58.4 Å². The van der Waals surface area contributed by atoms with E-state index >= 15 is 0 Å². The molecule has 0 saturated heterocycles. The third-order valence-corrected chi connectivity index (χ3v) is 7.34. The summed E-state index contributed by atoms with van der Waals surface area (Å²) in [7, 11) is 0. The SMILES string of the molecule is CC1(C)Cc2c(sc3c2c(N)n(Cc2ccco2)c(=O)[n+]3CCCc2ccccc2)CO1. The van der Waals surface area contributed by atoms with E-state index < -0.39 is 0 Å². The number of ether oxygens (including phenoxy) is 1. The smallest absolute Gasteiger partial charge is 0.465 e. The molecule has 0 atom stereocenters. The van der Waals surface area contributed by atoms with E-state index in [1.165, 1.54) is 11.1 Å². The molecule has 0 radical (unpaired) electrons. The van der Waals surface area contributed by atoms with Crippen molar-refractivity contribution in [1.29, 1.82) is 0 Å². The van der Waals surface area contributed by atoms with E-state index in [0.29, 0.717) is 31.3 Å². The summed E-state index contributed by atoms with van der Waals surface area (Å²) < 4.78 is 15.1. The van der Waals surface area contributed by atoms with Crippen molar-refractivity contribution < 1.29 is 13.7 Å². The Kier molecular flexibility index (Phi) is 5.39. The summed E-state index contributed by atoms with van der Waals surface area (Å²) in [6.45, 7) is 5.70. The lowest BCUT2D eigenvalue weighted by Crippen LogP contribution is -2.55. The number of thiophene rings is 1. The molecule has 5 rings (SSSR count). The second-order valence-corrected chi connectivity index (χ2v) is 10.1. The summed E-state index contributed by atoms with van der Waals surface area (Å²) in [4.78, 5) is 15.7. The second kappa shape index (κ2) is 8.22. The van der Waals surface area contributed by atoms with E-state index in [9.17, 15) is 4.79 Å². The summed E-state index contributed by atoms with van der Waals surface area (Å²) in [6.07, 6.45) is 4.18. The van der Waals surface area contributed by atoms with Gasteiger partial charge >= 0.3 is 5.69 Å². The molecule has 0 spiro atoms. The number of nitrogen functional groups attached to an aromatic ring is 1. The maximum atomic E-state index is 13.6. The van der Waals surface area contributed by atoms with E-state index in [-0.39, 0.29) is 11.3 Å². The molecule has 3 aromatic heterocycles. The topological polar surface area (TPSA) is 74.3 Å². The highest BCUT2D eigenvalue weighted by Gasteiger charge is 2.34. The molecule has 1 aliphatic rings. The van der Waals surface area contributed by atoms with E-state index in [1.54, 1.807) is 22.2 Å². The van der Waals surface area contributed by atoms with Gasteiger partial charge in [-0.2, -0.15) is 13.9 Å². The Morgan fingerprint density at radius 2 is 2.00 bits per heavy atom. The Morgan fingerprint density at radius 3 is 2.75 bits per heavy atom. The van der Waals surface area contributed by atoms with Crippen LogP contribution in [0.1, 0.15) is 42.0 Å². The first-order chi connectivity index (χ1) is 15.4. The van der Waals surface area contributed by atoms with Crippen molar-refractivity contribution in [2.75, 3.05) is 5.73 Å². The molecular formula is C25H28N3O3S+. The number of nitrogens with two attached hydrogens (primary N) is 1. The van der Waals surface area contributed by atoms with Crippen molar-refractivity contribution >= 4 is 27.4 Å². The molecule has 32 heavy (non-hydrogen) atoms. The number of benzene rings is 1. The average Bonchev–Trinajstić information content (AvgIpc) is 3.41. The number of aromatic nitrogens is 2. The fraction of sp³-hybridized carbons (Fsp3) is 0.360. The first-order valence-electron chi connectivity index (χ1n) is 11.0. The highest BCUT2D eigenvalue weighted by Crippen LogP contribution is 2.39. The van der Waals surface area contributed by atoms with Crippen molar-refractivity contribution in [2.24, 2.45) is 0 Å². The number of hydrogen-bond acceptors (Lipinski definition) is 5. The normalized spacial score (nSPS) is 15.2. The van der Waals surface area contributed by atoms with Crippen molar-refractivity contribution in [3.8, 4) is 0 Å². The van der Waals surface area contributed by atoms with Gasteiger partial charge in [-0.3, -0.25) is 0 Å². The first-order valence-corrected chi connectivity index (χ1v) is 11.8.